The first-order valence-corrected chi connectivity index (χ1v) is 6.45. The number of aryl methyl sites for hydroxylation is 1. The van der Waals surface area contributed by atoms with E-state index in [2.05, 4.69) is 10.6 Å². The summed E-state index contributed by atoms with van der Waals surface area (Å²) in [5.74, 6) is -0.0411. The number of amides is 1. The summed E-state index contributed by atoms with van der Waals surface area (Å²) in [6, 6.07) is 12.9. The number of carbonyl (C=O) groups is 1. The monoisotopic (exact) mass is 272 g/mol. The molecule has 2 aromatic carbocycles. The number of carbonyl (C=O) groups excluding carboxylic acids is 1. The highest BCUT2D eigenvalue weighted by Gasteiger charge is 2.30. The average Bonchev–Trinajstić information content (AvgIpc) is 2.66. The third kappa shape index (κ3) is 2.29. The minimum absolute atomic E-state index is 0.0411. The fourth-order valence-electron chi connectivity index (χ4n) is 2.27. The van der Waals surface area contributed by atoms with Crippen molar-refractivity contribution in [1.29, 1.82) is 0 Å². The Bertz CT molecular complexity index is 654. The highest BCUT2D eigenvalue weighted by atomic mass is 35.5. The molecular formula is C15H13ClN2O. The van der Waals surface area contributed by atoms with Crippen LogP contribution in [-0.2, 0) is 4.79 Å². The normalized spacial score (nSPS) is 16.9. The lowest BCUT2D eigenvalue weighted by Gasteiger charge is -2.13. The van der Waals surface area contributed by atoms with Crippen LogP contribution in [0.5, 0.6) is 0 Å². The molecule has 0 radical (unpaired) electrons. The second kappa shape index (κ2) is 4.59. The molecule has 19 heavy (non-hydrogen) atoms. The van der Waals surface area contributed by atoms with E-state index in [1.807, 2.05) is 43.3 Å². The molecule has 1 atom stereocenters. The minimum Gasteiger partial charge on any atom is -0.370 e. The summed E-state index contributed by atoms with van der Waals surface area (Å²) in [5.41, 5.74) is 3.82. The van der Waals surface area contributed by atoms with Gasteiger partial charge in [0.25, 0.3) is 5.91 Å². The molecule has 1 unspecified atom stereocenters. The maximum absolute atomic E-state index is 12.0. The Morgan fingerprint density at radius 2 is 2.05 bits per heavy atom. The van der Waals surface area contributed by atoms with Gasteiger partial charge in [-0.1, -0.05) is 35.4 Å². The summed E-state index contributed by atoms with van der Waals surface area (Å²) >= 11 is 5.95. The fourth-order valence-corrected chi connectivity index (χ4v) is 2.46. The van der Waals surface area contributed by atoms with Crippen molar-refractivity contribution < 1.29 is 4.79 Å². The zero-order valence-electron chi connectivity index (χ0n) is 10.4. The van der Waals surface area contributed by atoms with Crippen LogP contribution in [0.25, 0.3) is 0 Å². The molecule has 96 valence electrons. The molecule has 2 aromatic rings. The van der Waals surface area contributed by atoms with Crippen LogP contribution in [0.2, 0.25) is 5.02 Å². The van der Waals surface area contributed by atoms with Crippen molar-refractivity contribution in [2.75, 3.05) is 10.6 Å². The number of hydrogen-bond donors (Lipinski definition) is 2. The van der Waals surface area contributed by atoms with Gasteiger partial charge < -0.3 is 10.6 Å². The molecular weight excluding hydrogens is 260 g/mol. The highest BCUT2D eigenvalue weighted by molar-refractivity contribution is 6.30. The van der Waals surface area contributed by atoms with Gasteiger partial charge in [-0.25, -0.2) is 0 Å². The molecule has 0 saturated carbocycles. The lowest BCUT2D eigenvalue weighted by atomic mass is 10.1. The third-order valence-electron chi connectivity index (χ3n) is 3.17. The van der Waals surface area contributed by atoms with Crippen LogP contribution in [-0.4, -0.2) is 5.91 Å². The molecule has 3 rings (SSSR count). The number of rotatable bonds is 2. The molecule has 1 aliphatic heterocycles. The maximum atomic E-state index is 12.0. The van der Waals surface area contributed by atoms with Gasteiger partial charge in [0, 0.05) is 22.0 Å². The van der Waals surface area contributed by atoms with Crippen LogP contribution in [0.1, 0.15) is 17.2 Å². The maximum Gasteiger partial charge on any atom is 0.251 e. The highest BCUT2D eigenvalue weighted by Crippen LogP contribution is 2.34. The van der Waals surface area contributed by atoms with Gasteiger partial charge in [-0.2, -0.15) is 0 Å². The summed E-state index contributed by atoms with van der Waals surface area (Å²) < 4.78 is 0. The summed E-state index contributed by atoms with van der Waals surface area (Å²) in [6.07, 6.45) is 0. The first-order valence-electron chi connectivity index (χ1n) is 6.07. The van der Waals surface area contributed by atoms with Crippen LogP contribution in [0.3, 0.4) is 0 Å². The molecule has 0 saturated heterocycles. The molecule has 1 aliphatic rings. The third-order valence-corrected chi connectivity index (χ3v) is 3.41. The van der Waals surface area contributed by atoms with Gasteiger partial charge in [-0.05, 0) is 31.2 Å². The number of fused-ring (bicyclic) bond motifs is 1. The second-order valence-corrected chi connectivity index (χ2v) is 5.10. The average molecular weight is 273 g/mol. The van der Waals surface area contributed by atoms with Gasteiger partial charge >= 0.3 is 0 Å². The first kappa shape index (κ1) is 12.1. The number of anilines is 2. The van der Waals surface area contributed by atoms with Crippen molar-refractivity contribution >= 4 is 28.9 Å². The van der Waals surface area contributed by atoms with Crippen LogP contribution in [0.15, 0.2) is 42.5 Å². The predicted molar refractivity (Wildman–Crippen MR) is 77.6 cm³/mol. The van der Waals surface area contributed by atoms with Crippen molar-refractivity contribution in [2.24, 2.45) is 0 Å². The Hall–Kier alpha value is -2.00. The number of nitrogens with one attached hydrogen (secondary N) is 2. The molecule has 0 spiro atoms. The van der Waals surface area contributed by atoms with Crippen molar-refractivity contribution in [3.8, 4) is 0 Å². The standard InChI is InChI=1S/C15H13ClN2O/c1-9-5-6-13-12(7-9)14(15(19)18-13)17-11-4-2-3-10(16)8-11/h2-8,14,17H,1H3,(H,18,19). The van der Waals surface area contributed by atoms with Crippen LogP contribution in [0, 0.1) is 6.92 Å². The van der Waals surface area contributed by atoms with E-state index in [0.29, 0.717) is 5.02 Å². The van der Waals surface area contributed by atoms with E-state index >= 15 is 0 Å². The Morgan fingerprint density at radius 1 is 1.21 bits per heavy atom. The van der Waals surface area contributed by atoms with Gasteiger partial charge in [0.15, 0.2) is 0 Å². The molecule has 1 amide bonds. The summed E-state index contributed by atoms with van der Waals surface area (Å²) in [6.45, 7) is 2.01. The summed E-state index contributed by atoms with van der Waals surface area (Å²) in [7, 11) is 0. The lowest BCUT2D eigenvalue weighted by Crippen LogP contribution is -2.19. The van der Waals surface area contributed by atoms with Gasteiger partial charge in [-0.15, -0.1) is 0 Å². The van der Waals surface area contributed by atoms with Crippen LogP contribution in [0.4, 0.5) is 11.4 Å². The Balaban J connectivity index is 1.94. The van der Waals surface area contributed by atoms with Crippen LogP contribution < -0.4 is 10.6 Å². The van der Waals surface area contributed by atoms with E-state index < -0.39 is 0 Å². The van der Waals surface area contributed by atoms with E-state index in [1.165, 1.54) is 0 Å². The van der Waals surface area contributed by atoms with Crippen LogP contribution >= 0.6 is 11.6 Å². The largest absolute Gasteiger partial charge is 0.370 e. The zero-order chi connectivity index (χ0) is 13.4. The Kier molecular flexibility index (Phi) is 2.91. The van der Waals surface area contributed by atoms with E-state index in [4.69, 9.17) is 11.6 Å². The molecule has 0 aromatic heterocycles. The minimum atomic E-state index is -0.367. The van der Waals surface area contributed by atoms with Crippen molar-refractivity contribution in [3.05, 3.63) is 58.6 Å². The fraction of sp³-hybridized carbons (Fsp3) is 0.133. The van der Waals surface area contributed by atoms with Crippen molar-refractivity contribution in [1.82, 2.24) is 0 Å². The van der Waals surface area contributed by atoms with Gasteiger partial charge in [0.1, 0.15) is 6.04 Å². The van der Waals surface area contributed by atoms with Gasteiger partial charge in [0.05, 0.1) is 0 Å². The quantitative estimate of drug-likeness (QED) is 0.874. The van der Waals surface area contributed by atoms with Gasteiger partial charge in [0.2, 0.25) is 0 Å². The number of hydrogen-bond acceptors (Lipinski definition) is 2. The molecule has 0 bridgehead atoms. The smallest absolute Gasteiger partial charge is 0.251 e. The first-order chi connectivity index (χ1) is 9.13. The second-order valence-electron chi connectivity index (χ2n) is 4.67. The van der Waals surface area contributed by atoms with E-state index in [9.17, 15) is 4.79 Å². The van der Waals surface area contributed by atoms with E-state index in [1.54, 1.807) is 6.07 Å². The lowest BCUT2D eigenvalue weighted by molar-refractivity contribution is -0.116. The van der Waals surface area contributed by atoms with E-state index in [-0.39, 0.29) is 11.9 Å². The molecule has 1 heterocycles. The SMILES string of the molecule is Cc1ccc2c(c1)C(Nc1cccc(Cl)c1)C(=O)N2. The molecule has 0 aliphatic carbocycles. The Morgan fingerprint density at radius 3 is 2.84 bits per heavy atom. The van der Waals surface area contributed by atoms with E-state index in [0.717, 1.165) is 22.5 Å². The molecule has 2 N–H and O–H groups in total. The summed E-state index contributed by atoms with van der Waals surface area (Å²) in [4.78, 5) is 12.0. The molecule has 4 heteroatoms. The molecule has 3 nitrogen and oxygen atoms in total. The van der Waals surface area contributed by atoms with Gasteiger partial charge in [-0.3, -0.25) is 4.79 Å². The topological polar surface area (TPSA) is 41.1 Å². The molecule has 0 fully saturated rings. The van der Waals surface area contributed by atoms with Crippen molar-refractivity contribution in [3.63, 3.8) is 0 Å². The predicted octanol–water partition coefficient (Wildman–Crippen LogP) is 3.75. The number of benzene rings is 2. The Labute approximate surface area is 116 Å². The summed E-state index contributed by atoms with van der Waals surface area (Å²) in [5, 5.41) is 6.74. The van der Waals surface area contributed by atoms with Crippen molar-refractivity contribution in [2.45, 2.75) is 13.0 Å². The zero-order valence-corrected chi connectivity index (χ0v) is 11.2. The number of halogens is 1.